The van der Waals surface area contributed by atoms with E-state index in [1.54, 1.807) is 30.3 Å². The molecular weight excluding hydrogens is 418 g/mol. The molecule has 0 amide bonds. The van der Waals surface area contributed by atoms with Crippen molar-refractivity contribution in [3.8, 4) is 11.5 Å². The lowest BCUT2D eigenvalue weighted by Gasteiger charge is -2.22. The zero-order chi connectivity index (χ0) is 21.1. The van der Waals surface area contributed by atoms with E-state index in [9.17, 15) is 9.90 Å². The molecule has 0 saturated heterocycles. The third-order valence-corrected chi connectivity index (χ3v) is 5.05. The monoisotopic (exact) mass is 439 g/mol. The highest BCUT2D eigenvalue weighted by Gasteiger charge is 2.34. The van der Waals surface area contributed by atoms with Crippen LogP contribution in [0.1, 0.15) is 23.4 Å². The second-order valence-corrected chi connectivity index (χ2v) is 7.25. The van der Waals surface area contributed by atoms with E-state index in [0.717, 1.165) is 16.7 Å². The van der Waals surface area contributed by atoms with Gasteiger partial charge in [0.25, 0.3) is 5.89 Å². The van der Waals surface area contributed by atoms with Crippen LogP contribution in [0, 0.1) is 0 Å². The van der Waals surface area contributed by atoms with Gasteiger partial charge in [0.2, 0.25) is 5.89 Å². The molecule has 1 aliphatic rings. The first-order valence-corrected chi connectivity index (χ1v) is 9.53. The van der Waals surface area contributed by atoms with E-state index in [4.69, 9.17) is 15.3 Å². The van der Waals surface area contributed by atoms with E-state index in [0.29, 0.717) is 12.0 Å². The number of carboxylic acids is 1. The molecule has 4 rings (SSSR count). The van der Waals surface area contributed by atoms with Gasteiger partial charge in [-0.25, -0.2) is 0 Å². The summed E-state index contributed by atoms with van der Waals surface area (Å²) >= 11 is 0. The molecule has 3 aromatic rings. The Bertz CT molecular complexity index is 1110. The first-order valence-electron chi connectivity index (χ1n) is 9.53. The maximum absolute atomic E-state index is 11.0. The average Bonchev–Trinajstić information content (AvgIpc) is 3.27. The van der Waals surface area contributed by atoms with E-state index in [-0.39, 0.29) is 30.6 Å². The van der Waals surface area contributed by atoms with Gasteiger partial charge in [-0.3, -0.25) is 4.79 Å². The zero-order valence-electron chi connectivity index (χ0n) is 16.5. The summed E-state index contributed by atoms with van der Waals surface area (Å²) in [7, 11) is 0. The number of allylic oxidation sites excluding steroid dienone is 2. The van der Waals surface area contributed by atoms with Gasteiger partial charge in [0, 0.05) is 12.0 Å². The molecule has 0 radical (unpaired) electrons. The van der Waals surface area contributed by atoms with Crippen LogP contribution in [0.2, 0.25) is 0 Å². The van der Waals surface area contributed by atoms with Gasteiger partial charge < -0.3 is 20.4 Å². The second-order valence-electron chi connectivity index (χ2n) is 7.25. The van der Waals surface area contributed by atoms with Crippen molar-refractivity contribution >= 4 is 23.9 Å². The molecule has 4 N–H and O–H groups in total. The average molecular weight is 440 g/mol. The number of aliphatic hydroxyl groups is 1. The standard InChI is InChI=1S/C23H21N3O4.ClH/c24-19(21(27)28)14-15-6-8-18(9-7-15)20-25-26-22(30-20)23(29)12-10-17(11-13-23)16-4-2-1-3-5-16;/h1-12,19,29H,13-14,24H2,(H,27,28);1H. The van der Waals surface area contributed by atoms with Crippen LogP contribution in [0.4, 0.5) is 0 Å². The maximum Gasteiger partial charge on any atom is 0.320 e. The Kier molecular flexibility index (Phi) is 6.70. The lowest BCUT2D eigenvalue weighted by atomic mass is 9.89. The number of benzene rings is 2. The molecule has 0 saturated carbocycles. The Morgan fingerprint density at radius 3 is 2.42 bits per heavy atom. The van der Waals surface area contributed by atoms with Gasteiger partial charge >= 0.3 is 5.97 Å². The molecule has 31 heavy (non-hydrogen) atoms. The van der Waals surface area contributed by atoms with E-state index in [2.05, 4.69) is 10.2 Å². The molecule has 1 heterocycles. The minimum atomic E-state index is -1.36. The van der Waals surface area contributed by atoms with Gasteiger partial charge in [-0.2, -0.15) is 0 Å². The number of halogens is 1. The van der Waals surface area contributed by atoms with Crippen molar-refractivity contribution in [3.63, 3.8) is 0 Å². The van der Waals surface area contributed by atoms with Crippen molar-refractivity contribution in [1.82, 2.24) is 10.2 Å². The quantitative estimate of drug-likeness (QED) is 0.538. The number of nitrogens with zero attached hydrogens (tertiary/aromatic N) is 2. The number of nitrogens with two attached hydrogens (primary N) is 1. The number of hydrogen-bond donors (Lipinski definition) is 3. The van der Waals surface area contributed by atoms with Crippen molar-refractivity contribution in [2.75, 3.05) is 0 Å². The number of carboxylic acid groups (broad SMARTS) is 1. The topological polar surface area (TPSA) is 122 Å². The van der Waals surface area contributed by atoms with Crippen molar-refractivity contribution in [3.05, 3.63) is 89.8 Å². The molecule has 7 nitrogen and oxygen atoms in total. The van der Waals surface area contributed by atoms with Gasteiger partial charge in [-0.15, -0.1) is 22.6 Å². The Morgan fingerprint density at radius 1 is 1.10 bits per heavy atom. The minimum Gasteiger partial charge on any atom is -0.480 e. The second kappa shape index (κ2) is 9.26. The Hall–Kier alpha value is -3.26. The van der Waals surface area contributed by atoms with Crippen LogP contribution in [0.3, 0.4) is 0 Å². The van der Waals surface area contributed by atoms with Crippen LogP contribution in [0.5, 0.6) is 0 Å². The van der Waals surface area contributed by atoms with Gasteiger partial charge in [0.1, 0.15) is 6.04 Å². The molecule has 0 fully saturated rings. The predicted octanol–water partition coefficient (Wildman–Crippen LogP) is 3.34. The van der Waals surface area contributed by atoms with Crippen LogP contribution >= 0.6 is 12.4 Å². The molecule has 1 aromatic heterocycles. The number of aromatic nitrogens is 2. The number of hydrogen-bond acceptors (Lipinski definition) is 6. The summed E-state index contributed by atoms with van der Waals surface area (Å²) in [5.74, 6) is -0.647. The number of carbonyl (C=O) groups is 1. The third-order valence-electron chi connectivity index (χ3n) is 5.05. The third kappa shape index (κ3) is 4.91. The van der Waals surface area contributed by atoms with Crippen LogP contribution in [-0.4, -0.2) is 32.4 Å². The first kappa shape index (κ1) is 22.4. The lowest BCUT2D eigenvalue weighted by molar-refractivity contribution is -0.138. The molecule has 1 aliphatic carbocycles. The number of aliphatic carboxylic acids is 1. The fourth-order valence-corrected chi connectivity index (χ4v) is 3.27. The summed E-state index contributed by atoms with van der Waals surface area (Å²) in [5, 5.41) is 28.0. The summed E-state index contributed by atoms with van der Waals surface area (Å²) < 4.78 is 5.74. The SMILES string of the molecule is Cl.NC(Cc1ccc(-c2nnc(C3(O)C=CC(c4ccccc4)=CC3)o2)cc1)C(=O)O. The largest absolute Gasteiger partial charge is 0.480 e. The van der Waals surface area contributed by atoms with E-state index in [1.165, 1.54) is 0 Å². The van der Waals surface area contributed by atoms with Crippen LogP contribution < -0.4 is 5.73 Å². The molecule has 0 spiro atoms. The van der Waals surface area contributed by atoms with E-state index >= 15 is 0 Å². The Morgan fingerprint density at radius 2 is 1.81 bits per heavy atom. The van der Waals surface area contributed by atoms with Crippen LogP contribution in [0.25, 0.3) is 17.0 Å². The highest BCUT2D eigenvalue weighted by molar-refractivity contribution is 5.85. The molecule has 8 heteroatoms. The summed E-state index contributed by atoms with van der Waals surface area (Å²) in [6, 6.07) is 16.0. The normalized spacial score (nSPS) is 18.7. The molecule has 160 valence electrons. The lowest BCUT2D eigenvalue weighted by Crippen LogP contribution is -2.32. The molecule has 0 bridgehead atoms. The van der Waals surface area contributed by atoms with Crippen molar-refractivity contribution in [2.24, 2.45) is 5.73 Å². The predicted molar refractivity (Wildman–Crippen MR) is 118 cm³/mol. The van der Waals surface area contributed by atoms with Crippen LogP contribution in [-0.2, 0) is 16.8 Å². The summed E-state index contributed by atoms with van der Waals surface area (Å²) in [4.78, 5) is 10.9. The fraction of sp³-hybridized carbons (Fsp3) is 0.174. The smallest absolute Gasteiger partial charge is 0.320 e. The van der Waals surface area contributed by atoms with Gasteiger partial charge in [-0.1, -0.05) is 54.6 Å². The number of rotatable bonds is 6. The maximum atomic E-state index is 11.0. The summed E-state index contributed by atoms with van der Waals surface area (Å²) in [5.41, 5.74) is 7.76. The fourth-order valence-electron chi connectivity index (χ4n) is 3.27. The van der Waals surface area contributed by atoms with Crippen molar-refractivity contribution in [2.45, 2.75) is 24.5 Å². The van der Waals surface area contributed by atoms with Gasteiger partial charge in [0.05, 0.1) is 0 Å². The van der Waals surface area contributed by atoms with Crippen LogP contribution in [0.15, 0.2) is 77.2 Å². The van der Waals surface area contributed by atoms with Gasteiger partial charge in [-0.05, 0) is 41.3 Å². The summed E-state index contributed by atoms with van der Waals surface area (Å²) in [6.45, 7) is 0. The first-order chi connectivity index (χ1) is 14.4. The van der Waals surface area contributed by atoms with E-state index < -0.39 is 17.6 Å². The van der Waals surface area contributed by atoms with E-state index in [1.807, 2.05) is 42.5 Å². The molecule has 2 unspecified atom stereocenters. The van der Waals surface area contributed by atoms with Crippen molar-refractivity contribution in [1.29, 1.82) is 0 Å². The summed E-state index contributed by atoms with van der Waals surface area (Å²) in [6.07, 6.45) is 6.01. The minimum absolute atomic E-state index is 0. The molecule has 2 atom stereocenters. The van der Waals surface area contributed by atoms with Gasteiger partial charge in [0.15, 0.2) is 5.60 Å². The molecule has 0 aliphatic heterocycles. The van der Waals surface area contributed by atoms with Crippen molar-refractivity contribution < 1.29 is 19.4 Å². The highest BCUT2D eigenvalue weighted by atomic mass is 35.5. The Labute approximate surface area is 185 Å². The Balaban J connectivity index is 0.00000272. The highest BCUT2D eigenvalue weighted by Crippen LogP contribution is 2.34. The molecule has 2 aromatic carbocycles. The molecular formula is C23H22ClN3O4. The zero-order valence-corrected chi connectivity index (χ0v) is 17.3.